The first-order valence-electron chi connectivity index (χ1n) is 7.17. The molecule has 1 fully saturated rings. The number of ether oxygens (including phenoxy) is 1. The number of morpholine rings is 1. The second kappa shape index (κ2) is 8.10. The first-order valence-corrected chi connectivity index (χ1v) is 7.96. The standard InChI is InChI=1S/C15H23BrN2O2/c1-2-18-7-8-20-14(11-18)9-17-10-15(19)12-3-5-13(16)6-4-12/h3-6,14-15,17,19H,2,7-11H2,1H3. The molecule has 1 heterocycles. The van der Waals surface area contributed by atoms with Crippen LogP contribution in [0.3, 0.4) is 0 Å². The topological polar surface area (TPSA) is 44.7 Å². The summed E-state index contributed by atoms with van der Waals surface area (Å²) in [5.41, 5.74) is 0.931. The van der Waals surface area contributed by atoms with E-state index in [0.717, 1.165) is 42.8 Å². The van der Waals surface area contributed by atoms with E-state index in [2.05, 4.69) is 33.1 Å². The first kappa shape index (κ1) is 15.9. The summed E-state index contributed by atoms with van der Waals surface area (Å²) in [5, 5.41) is 13.4. The minimum Gasteiger partial charge on any atom is -0.387 e. The lowest BCUT2D eigenvalue weighted by Crippen LogP contribution is -2.46. The molecule has 2 rings (SSSR count). The highest BCUT2D eigenvalue weighted by molar-refractivity contribution is 9.10. The summed E-state index contributed by atoms with van der Waals surface area (Å²) in [7, 11) is 0. The fourth-order valence-corrected chi connectivity index (χ4v) is 2.64. The third-order valence-electron chi connectivity index (χ3n) is 3.63. The summed E-state index contributed by atoms with van der Waals surface area (Å²) in [5.74, 6) is 0. The Morgan fingerprint density at radius 3 is 2.90 bits per heavy atom. The van der Waals surface area contributed by atoms with E-state index in [1.165, 1.54) is 0 Å². The highest BCUT2D eigenvalue weighted by Crippen LogP contribution is 2.16. The molecule has 2 N–H and O–H groups in total. The van der Waals surface area contributed by atoms with Crippen LogP contribution in [0.4, 0.5) is 0 Å². The zero-order chi connectivity index (χ0) is 14.4. The van der Waals surface area contributed by atoms with Crippen LogP contribution in [0.15, 0.2) is 28.7 Å². The molecule has 1 aromatic rings. The molecule has 112 valence electrons. The number of hydrogen-bond donors (Lipinski definition) is 2. The van der Waals surface area contributed by atoms with Crippen molar-refractivity contribution in [3.63, 3.8) is 0 Å². The van der Waals surface area contributed by atoms with E-state index in [9.17, 15) is 5.11 Å². The molecule has 1 aliphatic heterocycles. The molecule has 20 heavy (non-hydrogen) atoms. The van der Waals surface area contributed by atoms with Gasteiger partial charge in [-0.25, -0.2) is 0 Å². The van der Waals surface area contributed by atoms with E-state index >= 15 is 0 Å². The summed E-state index contributed by atoms with van der Waals surface area (Å²) < 4.78 is 6.75. The highest BCUT2D eigenvalue weighted by atomic mass is 79.9. The van der Waals surface area contributed by atoms with Gasteiger partial charge in [-0.15, -0.1) is 0 Å². The van der Waals surface area contributed by atoms with Gasteiger partial charge in [-0.05, 0) is 24.2 Å². The number of rotatable bonds is 6. The maximum atomic E-state index is 10.1. The summed E-state index contributed by atoms with van der Waals surface area (Å²) in [4.78, 5) is 2.39. The van der Waals surface area contributed by atoms with Crippen molar-refractivity contribution < 1.29 is 9.84 Å². The van der Waals surface area contributed by atoms with Crippen LogP contribution < -0.4 is 5.32 Å². The highest BCUT2D eigenvalue weighted by Gasteiger charge is 2.19. The summed E-state index contributed by atoms with van der Waals surface area (Å²) in [6.07, 6.45) is -0.255. The summed E-state index contributed by atoms with van der Waals surface area (Å²) in [6.45, 7) is 7.37. The molecule has 1 saturated heterocycles. The van der Waals surface area contributed by atoms with E-state index in [1.54, 1.807) is 0 Å². The molecule has 1 aromatic carbocycles. The molecular weight excluding hydrogens is 320 g/mol. The van der Waals surface area contributed by atoms with Crippen molar-refractivity contribution in [3.8, 4) is 0 Å². The van der Waals surface area contributed by atoms with Crippen LogP contribution in [0.5, 0.6) is 0 Å². The van der Waals surface area contributed by atoms with Gasteiger partial charge < -0.3 is 15.2 Å². The van der Waals surface area contributed by atoms with Crippen molar-refractivity contribution in [2.45, 2.75) is 19.1 Å². The van der Waals surface area contributed by atoms with Crippen LogP contribution in [0.1, 0.15) is 18.6 Å². The van der Waals surface area contributed by atoms with Gasteiger partial charge in [0.05, 0.1) is 18.8 Å². The normalized spacial score (nSPS) is 21.9. The summed E-state index contributed by atoms with van der Waals surface area (Å²) in [6, 6.07) is 7.77. The maximum absolute atomic E-state index is 10.1. The van der Waals surface area contributed by atoms with E-state index in [0.29, 0.717) is 6.54 Å². The first-order chi connectivity index (χ1) is 9.69. The van der Waals surface area contributed by atoms with Crippen LogP contribution in [-0.2, 0) is 4.74 Å². The molecule has 0 aromatic heterocycles. The molecule has 2 unspecified atom stereocenters. The van der Waals surface area contributed by atoms with Gasteiger partial charge in [0, 0.05) is 30.7 Å². The maximum Gasteiger partial charge on any atom is 0.0914 e. The van der Waals surface area contributed by atoms with Crippen molar-refractivity contribution in [1.82, 2.24) is 10.2 Å². The fourth-order valence-electron chi connectivity index (χ4n) is 2.37. The lowest BCUT2D eigenvalue weighted by atomic mass is 10.1. The molecule has 0 spiro atoms. The lowest BCUT2D eigenvalue weighted by Gasteiger charge is -2.32. The second-order valence-corrected chi connectivity index (χ2v) is 6.03. The predicted molar refractivity (Wildman–Crippen MR) is 83.8 cm³/mol. The number of benzene rings is 1. The number of nitrogens with zero attached hydrogens (tertiary/aromatic N) is 1. The molecule has 5 heteroatoms. The molecule has 0 aliphatic carbocycles. The fraction of sp³-hybridized carbons (Fsp3) is 0.600. The average Bonchev–Trinajstić information content (AvgIpc) is 2.48. The van der Waals surface area contributed by atoms with Crippen molar-refractivity contribution in [1.29, 1.82) is 0 Å². The minimum atomic E-state index is -0.478. The zero-order valence-electron chi connectivity index (χ0n) is 11.9. The van der Waals surface area contributed by atoms with Crippen LogP contribution in [0.2, 0.25) is 0 Å². The Kier molecular flexibility index (Phi) is 6.45. The quantitative estimate of drug-likeness (QED) is 0.827. The number of aliphatic hydroxyl groups excluding tert-OH is 1. The number of aliphatic hydroxyl groups is 1. The molecule has 0 bridgehead atoms. The summed E-state index contributed by atoms with van der Waals surface area (Å²) >= 11 is 3.39. The van der Waals surface area contributed by atoms with Gasteiger partial charge >= 0.3 is 0 Å². The molecular formula is C15H23BrN2O2. The van der Waals surface area contributed by atoms with Crippen LogP contribution in [0, 0.1) is 0 Å². The molecule has 1 aliphatic rings. The Bertz CT molecular complexity index is 399. The zero-order valence-corrected chi connectivity index (χ0v) is 13.5. The number of hydrogen-bond acceptors (Lipinski definition) is 4. The molecule has 4 nitrogen and oxygen atoms in total. The van der Waals surface area contributed by atoms with Gasteiger partial charge in [-0.3, -0.25) is 4.90 Å². The van der Waals surface area contributed by atoms with Gasteiger partial charge in [0.15, 0.2) is 0 Å². The minimum absolute atomic E-state index is 0.223. The average molecular weight is 343 g/mol. The molecule has 0 saturated carbocycles. The van der Waals surface area contributed by atoms with Crippen molar-refractivity contribution in [3.05, 3.63) is 34.3 Å². The Morgan fingerprint density at radius 1 is 1.45 bits per heavy atom. The molecule has 0 amide bonds. The third-order valence-corrected chi connectivity index (χ3v) is 4.16. The van der Waals surface area contributed by atoms with Crippen LogP contribution in [0.25, 0.3) is 0 Å². The second-order valence-electron chi connectivity index (χ2n) is 5.11. The Morgan fingerprint density at radius 2 is 2.20 bits per heavy atom. The van der Waals surface area contributed by atoms with E-state index in [-0.39, 0.29) is 6.10 Å². The molecule has 2 atom stereocenters. The Labute approximate surface area is 129 Å². The SMILES string of the molecule is CCN1CCOC(CNCC(O)c2ccc(Br)cc2)C1. The number of halogens is 1. The predicted octanol–water partition coefficient (Wildman–Crippen LogP) is 1.79. The number of likely N-dealkylation sites (N-methyl/N-ethyl adjacent to an activating group) is 1. The van der Waals surface area contributed by atoms with Crippen LogP contribution >= 0.6 is 15.9 Å². The lowest BCUT2D eigenvalue weighted by molar-refractivity contribution is -0.0262. The van der Waals surface area contributed by atoms with E-state index < -0.39 is 6.10 Å². The van der Waals surface area contributed by atoms with Gasteiger partial charge in [-0.2, -0.15) is 0 Å². The third kappa shape index (κ3) is 4.82. The Hall–Kier alpha value is -0.460. The monoisotopic (exact) mass is 342 g/mol. The van der Waals surface area contributed by atoms with Crippen molar-refractivity contribution in [2.75, 3.05) is 39.3 Å². The van der Waals surface area contributed by atoms with E-state index in [1.807, 2.05) is 24.3 Å². The van der Waals surface area contributed by atoms with Gasteiger partial charge in [0.25, 0.3) is 0 Å². The molecule has 0 radical (unpaired) electrons. The van der Waals surface area contributed by atoms with Crippen molar-refractivity contribution >= 4 is 15.9 Å². The van der Waals surface area contributed by atoms with Crippen molar-refractivity contribution in [2.24, 2.45) is 0 Å². The van der Waals surface area contributed by atoms with Crippen LogP contribution in [-0.4, -0.2) is 55.4 Å². The van der Waals surface area contributed by atoms with Gasteiger partial charge in [0.2, 0.25) is 0 Å². The number of nitrogens with one attached hydrogen (secondary N) is 1. The Balaban J connectivity index is 1.71. The van der Waals surface area contributed by atoms with Gasteiger partial charge in [-0.1, -0.05) is 35.0 Å². The van der Waals surface area contributed by atoms with E-state index in [4.69, 9.17) is 4.74 Å². The smallest absolute Gasteiger partial charge is 0.0914 e. The van der Waals surface area contributed by atoms with Gasteiger partial charge in [0.1, 0.15) is 0 Å². The largest absolute Gasteiger partial charge is 0.387 e.